The van der Waals surface area contributed by atoms with Gasteiger partial charge in [0.2, 0.25) is 0 Å². The smallest absolute Gasteiger partial charge is 0.251 e. The number of benzene rings is 1. The molecule has 0 radical (unpaired) electrons. The number of hydrogen-bond acceptors (Lipinski definition) is 6. The van der Waals surface area contributed by atoms with Gasteiger partial charge in [0, 0.05) is 18.7 Å². The Morgan fingerprint density at radius 2 is 1.92 bits per heavy atom. The Balaban J connectivity index is 1.66. The molecule has 2 aliphatic rings. The highest BCUT2D eigenvalue weighted by Gasteiger charge is 2.38. The van der Waals surface area contributed by atoms with E-state index in [0.717, 1.165) is 12.8 Å². The first kappa shape index (κ1) is 18.3. The summed E-state index contributed by atoms with van der Waals surface area (Å²) in [6, 6.07) is 5.62. The van der Waals surface area contributed by atoms with Crippen molar-refractivity contribution in [2.24, 2.45) is 0 Å². The molecule has 1 N–H and O–H groups in total. The zero-order chi connectivity index (χ0) is 18.1. The van der Waals surface area contributed by atoms with Crippen LogP contribution in [0.2, 0.25) is 0 Å². The summed E-state index contributed by atoms with van der Waals surface area (Å²) >= 11 is 0. The van der Waals surface area contributed by atoms with Gasteiger partial charge < -0.3 is 10.1 Å². The van der Waals surface area contributed by atoms with Crippen LogP contribution in [0.5, 0.6) is 0 Å². The lowest BCUT2D eigenvalue weighted by Gasteiger charge is -2.12. The van der Waals surface area contributed by atoms with Crippen LogP contribution in [0.4, 0.5) is 0 Å². The molecule has 1 aromatic carbocycles. The molecule has 2 unspecified atom stereocenters. The Bertz CT molecular complexity index is 839. The van der Waals surface area contributed by atoms with Crippen molar-refractivity contribution in [3.05, 3.63) is 29.8 Å². The van der Waals surface area contributed by atoms with Crippen molar-refractivity contribution in [2.75, 3.05) is 24.7 Å². The van der Waals surface area contributed by atoms with Gasteiger partial charge in [-0.2, -0.15) is 0 Å². The standard InChI is InChI=1S/C16H21NO6S2/c18-16(17-10-13-2-1-8-23-13)12-3-5-14(6-4-12)25(21,22)15-7-9-24(19,20)11-15/h3-6,13,15H,1-2,7-11H2,(H,17,18). The van der Waals surface area contributed by atoms with Crippen LogP contribution in [0.1, 0.15) is 29.6 Å². The molecule has 25 heavy (non-hydrogen) atoms. The minimum Gasteiger partial charge on any atom is -0.376 e. The molecule has 2 atom stereocenters. The van der Waals surface area contributed by atoms with E-state index in [1.54, 1.807) is 0 Å². The molecule has 2 aliphatic heterocycles. The summed E-state index contributed by atoms with van der Waals surface area (Å²) in [6.45, 7) is 1.14. The minimum absolute atomic E-state index is 0.0351. The topological polar surface area (TPSA) is 107 Å². The molecule has 2 heterocycles. The van der Waals surface area contributed by atoms with Crippen LogP contribution >= 0.6 is 0 Å². The van der Waals surface area contributed by atoms with E-state index >= 15 is 0 Å². The molecule has 7 nitrogen and oxygen atoms in total. The van der Waals surface area contributed by atoms with Gasteiger partial charge in [-0.3, -0.25) is 4.79 Å². The second-order valence-corrected chi connectivity index (χ2v) is 10.9. The van der Waals surface area contributed by atoms with E-state index in [1.165, 1.54) is 24.3 Å². The van der Waals surface area contributed by atoms with Crippen molar-refractivity contribution in [2.45, 2.75) is 35.5 Å². The summed E-state index contributed by atoms with van der Waals surface area (Å²) in [7, 11) is -6.99. The van der Waals surface area contributed by atoms with E-state index in [0.29, 0.717) is 18.7 Å². The van der Waals surface area contributed by atoms with Crippen molar-refractivity contribution < 1.29 is 26.4 Å². The van der Waals surface area contributed by atoms with Crippen molar-refractivity contribution >= 4 is 25.6 Å². The predicted octanol–water partition coefficient (Wildman–Crippen LogP) is 0.556. The van der Waals surface area contributed by atoms with E-state index in [2.05, 4.69) is 5.32 Å². The fourth-order valence-electron chi connectivity index (χ4n) is 3.11. The first-order chi connectivity index (χ1) is 11.8. The molecule has 0 saturated carbocycles. The highest BCUT2D eigenvalue weighted by molar-refractivity contribution is 7.96. The maximum Gasteiger partial charge on any atom is 0.251 e. The number of carbonyl (C=O) groups is 1. The Hall–Kier alpha value is -1.45. The van der Waals surface area contributed by atoms with Crippen molar-refractivity contribution in [3.8, 4) is 0 Å². The lowest BCUT2D eigenvalue weighted by Crippen LogP contribution is -2.31. The molecule has 2 fully saturated rings. The average molecular weight is 387 g/mol. The molecule has 138 valence electrons. The zero-order valence-corrected chi connectivity index (χ0v) is 15.3. The number of hydrogen-bond donors (Lipinski definition) is 1. The van der Waals surface area contributed by atoms with Gasteiger partial charge in [0.05, 0.1) is 27.8 Å². The molecule has 0 spiro atoms. The summed E-state index contributed by atoms with van der Waals surface area (Å²) in [5.74, 6) is -0.720. The molecule has 0 aliphatic carbocycles. The van der Waals surface area contributed by atoms with Crippen molar-refractivity contribution in [3.63, 3.8) is 0 Å². The third-order valence-corrected chi connectivity index (χ3v) is 8.78. The average Bonchev–Trinajstić information content (AvgIpc) is 3.22. The van der Waals surface area contributed by atoms with Crippen LogP contribution in [-0.4, -0.2) is 58.8 Å². The second-order valence-electron chi connectivity index (χ2n) is 6.44. The van der Waals surface area contributed by atoms with Gasteiger partial charge in [0.15, 0.2) is 19.7 Å². The third-order valence-electron chi connectivity index (χ3n) is 4.59. The fraction of sp³-hybridized carbons (Fsp3) is 0.562. The van der Waals surface area contributed by atoms with Gasteiger partial charge in [-0.25, -0.2) is 16.8 Å². The van der Waals surface area contributed by atoms with E-state index in [4.69, 9.17) is 4.74 Å². The number of nitrogens with one attached hydrogen (secondary N) is 1. The molecule has 3 rings (SSSR count). The third kappa shape index (κ3) is 4.21. The van der Waals surface area contributed by atoms with Gasteiger partial charge in [0.25, 0.3) is 5.91 Å². The van der Waals surface area contributed by atoms with Gasteiger partial charge in [-0.05, 0) is 43.5 Å². The number of ether oxygens (including phenoxy) is 1. The van der Waals surface area contributed by atoms with Crippen molar-refractivity contribution in [1.29, 1.82) is 0 Å². The zero-order valence-electron chi connectivity index (χ0n) is 13.7. The lowest BCUT2D eigenvalue weighted by atomic mass is 10.2. The summed E-state index contributed by atoms with van der Waals surface area (Å²) in [6.07, 6.45) is 2.06. The Morgan fingerprint density at radius 3 is 2.48 bits per heavy atom. The highest BCUT2D eigenvalue weighted by Crippen LogP contribution is 2.25. The summed E-state index contributed by atoms with van der Waals surface area (Å²) in [4.78, 5) is 12.2. The summed E-state index contributed by atoms with van der Waals surface area (Å²) in [5.41, 5.74) is 0.357. The van der Waals surface area contributed by atoms with Gasteiger partial charge in [0.1, 0.15) is 0 Å². The number of rotatable bonds is 5. The quantitative estimate of drug-likeness (QED) is 0.791. The number of carbonyl (C=O) groups excluding carboxylic acids is 1. The second kappa shape index (κ2) is 7.05. The van der Waals surface area contributed by atoms with E-state index in [9.17, 15) is 21.6 Å². The van der Waals surface area contributed by atoms with E-state index in [-0.39, 0.29) is 34.8 Å². The maximum absolute atomic E-state index is 12.5. The van der Waals surface area contributed by atoms with Crippen LogP contribution < -0.4 is 5.32 Å². The normalized spacial score (nSPS) is 25.8. The van der Waals surface area contributed by atoms with Crippen LogP contribution in [0.3, 0.4) is 0 Å². The molecule has 1 aromatic rings. The predicted molar refractivity (Wildman–Crippen MR) is 92.0 cm³/mol. The van der Waals surface area contributed by atoms with Gasteiger partial charge >= 0.3 is 0 Å². The largest absolute Gasteiger partial charge is 0.376 e. The molecule has 0 bridgehead atoms. The van der Waals surface area contributed by atoms with Crippen LogP contribution in [0.25, 0.3) is 0 Å². The number of amides is 1. The Kier molecular flexibility index (Phi) is 5.17. The first-order valence-electron chi connectivity index (χ1n) is 8.22. The minimum atomic E-state index is -3.71. The van der Waals surface area contributed by atoms with Gasteiger partial charge in [-0.1, -0.05) is 0 Å². The fourth-order valence-corrected chi connectivity index (χ4v) is 7.47. The SMILES string of the molecule is O=C(NCC1CCCO1)c1ccc(S(=O)(=O)C2CCS(=O)(=O)C2)cc1. The molecule has 1 amide bonds. The van der Waals surface area contributed by atoms with E-state index in [1.807, 2.05) is 0 Å². The van der Waals surface area contributed by atoms with Crippen LogP contribution in [0, 0.1) is 0 Å². The molecular formula is C16H21NO6S2. The van der Waals surface area contributed by atoms with Crippen molar-refractivity contribution in [1.82, 2.24) is 5.32 Å². The summed E-state index contributed by atoms with van der Waals surface area (Å²) in [5, 5.41) is 1.87. The first-order valence-corrected chi connectivity index (χ1v) is 11.6. The maximum atomic E-state index is 12.5. The monoisotopic (exact) mass is 387 g/mol. The Labute approximate surface area is 147 Å². The molecule has 0 aromatic heterocycles. The molecule has 9 heteroatoms. The highest BCUT2D eigenvalue weighted by atomic mass is 32.2. The number of sulfone groups is 2. The lowest BCUT2D eigenvalue weighted by molar-refractivity contribution is 0.0857. The van der Waals surface area contributed by atoms with E-state index < -0.39 is 24.9 Å². The van der Waals surface area contributed by atoms with Gasteiger partial charge in [-0.15, -0.1) is 0 Å². The molecular weight excluding hydrogens is 366 g/mol. The summed E-state index contributed by atoms with van der Waals surface area (Å²) < 4.78 is 53.5. The van der Waals surface area contributed by atoms with Crippen LogP contribution in [-0.2, 0) is 24.4 Å². The van der Waals surface area contributed by atoms with Crippen LogP contribution in [0.15, 0.2) is 29.2 Å². The molecule has 2 saturated heterocycles. The Morgan fingerprint density at radius 1 is 1.20 bits per heavy atom.